The number of hydrogen-bond acceptors (Lipinski definition) is 1. The number of hydrogen-bond donors (Lipinski definition) is 0. The van der Waals surface area contributed by atoms with Gasteiger partial charge in [-0.1, -0.05) is 48.8 Å². The highest BCUT2D eigenvalue weighted by atomic mass is 79.9. The molecule has 2 heteroatoms. The van der Waals surface area contributed by atoms with E-state index in [2.05, 4.69) is 61.0 Å². The van der Waals surface area contributed by atoms with Crippen LogP contribution in [0.2, 0.25) is 0 Å². The Morgan fingerprint density at radius 3 is 2.12 bits per heavy atom. The lowest BCUT2D eigenvalue weighted by Crippen LogP contribution is -2.33. The topological polar surface area (TPSA) is 9.23 Å². The maximum atomic E-state index is 5.86. The molecule has 0 spiro atoms. The van der Waals surface area contributed by atoms with Gasteiger partial charge in [0.25, 0.3) is 0 Å². The van der Waals surface area contributed by atoms with Gasteiger partial charge >= 0.3 is 0 Å². The minimum Gasteiger partial charge on any atom is -0.490 e. The molecule has 1 saturated carbocycles. The Morgan fingerprint density at radius 2 is 1.69 bits per heavy atom. The molecule has 0 aliphatic heterocycles. The molecular weight excluding hydrogens is 264 g/mol. The zero-order valence-electron chi connectivity index (χ0n) is 10.2. The van der Waals surface area contributed by atoms with Crippen LogP contribution in [0.4, 0.5) is 0 Å². The molecule has 0 radical (unpaired) electrons. The third-order valence-corrected chi connectivity index (χ3v) is 3.81. The Labute approximate surface area is 106 Å². The summed E-state index contributed by atoms with van der Waals surface area (Å²) in [4.78, 5) is 0.659. The molecule has 0 saturated heterocycles. The second-order valence-corrected chi connectivity index (χ2v) is 6.88. The van der Waals surface area contributed by atoms with Gasteiger partial charge in [0.05, 0.1) is 0 Å². The summed E-state index contributed by atoms with van der Waals surface area (Å²) in [5.74, 6) is 0.998. The van der Waals surface area contributed by atoms with Crippen LogP contribution in [0.15, 0.2) is 24.3 Å². The summed E-state index contributed by atoms with van der Waals surface area (Å²) in [6.45, 7) is 6.68. The van der Waals surface area contributed by atoms with Crippen molar-refractivity contribution in [3.8, 4) is 5.75 Å². The highest BCUT2D eigenvalue weighted by Crippen LogP contribution is 2.32. The summed E-state index contributed by atoms with van der Waals surface area (Å²) in [6.07, 6.45) is 2.66. The molecule has 0 heterocycles. The summed E-state index contributed by atoms with van der Waals surface area (Å²) < 4.78 is 5.86. The van der Waals surface area contributed by atoms with Gasteiger partial charge in [0, 0.05) is 4.83 Å². The second kappa shape index (κ2) is 4.40. The van der Waals surface area contributed by atoms with E-state index in [-0.39, 0.29) is 5.41 Å². The van der Waals surface area contributed by atoms with E-state index in [0.717, 1.165) is 18.6 Å². The van der Waals surface area contributed by atoms with Crippen molar-refractivity contribution in [1.29, 1.82) is 0 Å². The van der Waals surface area contributed by atoms with E-state index in [0.29, 0.717) is 10.9 Å². The fourth-order valence-corrected chi connectivity index (χ4v) is 2.66. The van der Waals surface area contributed by atoms with Crippen molar-refractivity contribution in [1.82, 2.24) is 0 Å². The van der Waals surface area contributed by atoms with Crippen LogP contribution < -0.4 is 4.74 Å². The Bertz CT molecular complexity index is 344. The average Bonchev–Trinajstić information content (AvgIpc) is 2.15. The number of ether oxygens (including phenoxy) is 1. The molecule has 2 rings (SSSR count). The molecule has 0 N–H and O–H groups in total. The van der Waals surface area contributed by atoms with Crippen LogP contribution in [0.1, 0.15) is 39.2 Å². The van der Waals surface area contributed by atoms with Crippen LogP contribution in [0.25, 0.3) is 0 Å². The van der Waals surface area contributed by atoms with Crippen molar-refractivity contribution in [3.63, 3.8) is 0 Å². The Kier molecular flexibility index (Phi) is 3.29. The summed E-state index contributed by atoms with van der Waals surface area (Å²) in [6, 6.07) is 8.50. The lowest BCUT2D eigenvalue weighted by atomic mass is 9.87. The molecule has 1 aliphatic carbocycles. The predicted octanol–water partition coefficient (Wildman–Crippen LogP) is 4.29. The summed E-state index contributed by atoms with van der Waals surface area (Å²) in [5, 5.41) is 0. The van der Waals surface area contributed by atoms with E-state index >= 15 is 0 Å². The number of benzene rings is 1. The summed E-state index contributed by atoms with van der Waals surface area (Å²) >= 11 is 3.57. The maximum Gasteiger partial charge on any atom is 0.119 e. The van der Waals surface area contributed by atoms with Crippen molar-refractivity contribution in [2.24, 2.45) is 0 Å². The molecule has 0 unspecified atom stereocenters. The van der Waals surface area contributed by atoms with Crippen molar-refractivity contribution in [3.05, 3.63) is 29.8 Å². The van der Waals surface area contributed by atoms with Crippen LogP contribution in [-0.2, 0) is 5.41 Å². The van der Waals surface area contributed by atoms with Crippen LogP contribution in [0.3, 0.4) is 0 Å². The minimum atomic E-state index is 0.218. The number of alkyl halides is 1. The van der Waals surface area contributed by atoms with E-state index in [9.17, 15) is 0 Å². The molecule has 88 valence electrons. The lowest BCUT2D eigenvalue weighted by molar-refractivity contribution is 0.128. The van der Waals surface area contributed by atoms with Gasteiger partial charge in [-0.15, -0.1) is 0 Å². The Morgan fingerprint density at radius 1 is 1.12 bits per heavy atom. The van der Waals surface area contributed by atoms with Crippen LogP contribution in [0.5, 0.6) is 5.75 Å². The van der Waals surface area contributed by atoms with E-state index in [4.69, 9.17) is 4.74 Å². The highest BCUT2D eigenvalue weighted by Gasteiger charge is 2.28. The minimum absolute atomic E-state index is 0.218. The zero-order valence-corrected chi connectivity index (χ0v) is 11.8. The molecule has 1 nitrogen and oxygen atoms in total. The van der Waals surface area contributed by atoms with E-state index in [1.165, 1.54) is 5.56 Å². The van der Waals surface area contributed by atoms with Crippen molar-refractivity contribution in [2.75, 3.05) is 0 Å². The molecule has 0 amide bonds. The van der Waals surface area contributed by atoms with Gasteiger partial charge in [-0.05, 0) is 36.0 Å². The molecule has 1 fully saturated rings. The maximum absolute atomic E-state index is 5.86. The van der Waals surface area contributed by atoms with Crippen LogP contribution in [-0.4, -0.2) is 10.9 Å². The summed E-state index contributed by atoms with van der Waals surface area (Å²) in [7, 11) is 0. The monoisotopic (exact) mass is 282 g/mol. The Balaban J connectivity index is 1.97. The zero-order chi connectivity index (χ0) is 11.8. The first-order valence-corrected chi connectivity index (χ1v) is 6.78. The third-order valence-electron chi connectivity index (χ3n) is 3.06. The first-order chi connectivity index (χ1) is 7.45. The van der Waals surface area contributed by atoms with E-state index < -0.39 is 0 Å². The molecule has 0 bridgehead atoms. The smallest absolute Gasteiger partial charge is 0.119 e. The van der Waals surface area contributed by atoms with Gasteiger partial charge in [0.2, 0.25) is 0 Å². The van der Waals surface area contributed by atoms with Crippen molar-refractivity contribution < 1.29 is 4.74 Å². The molecule has 1 aliphatic rings. The van der Waals surface area contributed by atoms with Gasteiger partial charge in [-0.2, -0.15) is 0 Å². The summed E-state index contributed by atoms with van der Waals surface area (Å²) in [5.41, 5.74) is 1.57. The van der Waals surface area contributed by atoms with Crippen LogP contribution in [0, 0.1) is 0 Å². The average molecular weight is 283 g/mol. The third kappa shape index (κ3) is 2.79. The fraction of sp³-hybridized carbons (Fsp3) is 0.571. The predicted molar refractivity (Wildman–Crippen MR) is 71.5 cm³/mol. The largest absolute Gasteiger partial charge is 0.490 e. The number of halogens is 1. The van der Waals surface area contributed by atoms with E-state index in [1.54, 1.807) is 0 Å². The normalized spacial score (nSPS) is 25.0. The molecular formula is C14H19BrO. The van der Waals surface area contributed by atoms with Gasteiger partial charge in [-0.25, -0.2) is 0 Å². The van der Waals surface area contributed by atoms with Gasteiger partial charge in [-0.3, -0.25) is 0 Å². The molecule has 1 aromatic rings. The molecule has 0 aromatic heterocycles. The second-order valence-electron chi connectivity index (χ2n) is 5.58. The highest BCUT2D eigenvalue weighted by molar-refractivity contribution is 9.09. The standard InChI is InChI=1S/C14H19BrO/c1-14(2,3)10-4-6-12(7-5-10)16-13-8-11(15)9-13/h4-7,11,13H,8-9H2,1-3H3. The SMILES string of the molecule is CC(C)(C)c1ccc(OC2CC(Br)C2)cc1. The fourth-order valence-electron chi connectivity index (χ4n) is 1.82. The van der Waals surface area contributed by atoms with Gasteiger partial charge in [0.1, 0.15) is 11.9 Å². The van der Waals surface area contributed by atoms with Crippen molar-refractivity contribution >= 4 is 15.9 Å². The van der Waals surface area contributed by atoms with Gasteiger partial charge < -0.3 is 4.74 Å². The Hall–Kier alpha value is -0.500. The lowest BCUT2D eigenvalue weighted by Gasteiger charge is -2.31. The molecule has 1 aromatic carbocycles. The quantitative estimate of drug-likeness (QED) is 0.736. The van der Waals surface area contributed by atoms with Gasteiger partial charge in [0.15, 0.2) is 0 Å². The van der Waals surface area contributed by atoms with Crippen molar-refractivity contribution in [2.45, 2.75) is 50.0 Å². The molecule has 16 heavy (non-hydrogen) atoms. The van der Waals surface area contributed by atoms with E-state index in [1.807, 2.05) is 0 Å². The van der Waals surface area contributed by atoms with Crippen LogP contribution >= 0.6 is 15.9 Å². The first-order valence-electron chi connectivity index (χ1n) is 5.86. The first kappa shape index (κ1) is 12.0. The molecule has 0 atom stereocenters. The number of rotatable bonds is 2.